The summed E-state index contributed by atoms with van der Waals surface area (Å²) in [6.07, 6.45) is 1.81. The van der Waals surface area contributed by atoms with Crippen LogP contribution in [0.5, 0.6) is 11.5 Å². The number of hydrogen-bond donors (Lipinski definition) is 1. The molecule has 5 nitrogen and oxygen atoms in total. The molecule has 0 saturated heterocycles. The summed E-state index contributed by atoms with van der Waals surface area (Å²) in [7, 11) is 1.62. The Hall–Kier alpha value is -2.83. The van der Waals surface area contributed by atoms with Gasteiger partial charge < -0.3 is 19.7 Å². The third-order valence-electron chi connectivity index (χ3n) is 4.23. The first-order valence-electron chi connectivity index (χ1n) is 8.33. The van der Waals surface area contributed by atoms with E-state index >= 15 is 0 Å². The molecule has 0 aromatic heterocycles. The number of methoxy groups -OCH3 is 1. The Labute approximate surface area is 150 Å². The second kappa shape index (κ2) is 8.03. The van der Waals surface area contributed by atoms with Gasteiger partial charge in [0.05, 0.1) is 13.7 Å². The molecule has 0 atom stereocenters. The number of nitrogens with zero attached hydrogens (tertiary/aromatic N) is 1. The van der Waals surface area contributed by atoms with E-state index in [1.165, 1.54) is 12.1 Å². The van der Waals surface area contributed by atoms with Crippen molar-refractivity contribution in [2.75, 3.05) is 30.4 Å². The van der Waals surface area contributed by atoms with Crippen molar-refractivity contribution in [1.29, 1.82) is 0 Å². The number of nitrogens with one attached hydrogen (secondary N) is 1. The van der Waals surface area contributed by atoms with Crippen molar-refractivity contribution >= 4 is 17.3 Å². The van der Waals surface area contributed by atoms with Gasteiger partial charge in [0.25, 0.3) is 0 Å². The quantitative estimate of drug-likeness (QED) is 0.852. The van der Waals surface area contributed by atoms with Crippen LogP contribution < -0.4 is 19.7 Å². The summed E-state index contributed by atoms with van der Waals surface area (Å²) in [6.45, 7) is -2.07. The number of rotatable bonds is 6. The number of fused-ring (bicyclic) bond motifs is 1. The van der Waals surface area contributed by atoms with Crippen LogP contribution in [0, 0.1) is 0 Å². The topological polar surface area (TPSA) is 50.8 Å². The zero-order chi connectivity index (χ0) is 18.5. The third kappa shape index (κ3) is 4.22. The average Bonchev–Trinajstić information content (AvgIpc) is 2.65. The lowest BCUT2D eigenvalue weighted by Crippen LogP contribution is -2.39. The molecule has 0 spiro atoms. The van der Waals surface area contributed by atoms with Crippen LogP contribution in [0.4, 0.5) is 20.2 Å². The van der Waals surface area contributed by atoms with E-state index in [0.29, 0.717) is 12.2 Å². The van der Waals surface area contributed by atoms with E-state index in [9.17, 15) is 13.6 Å². The number of alkyl halides is 2. The molecule has 26 heavy (non-hydrogen) atoms. The van der Waals surface area contributed by atoms with Crippen LogP contribution in [0.2, 0.25) is 0 Å². The van der Waals surface area contributed by atoms with Crippen molar-refractivity contribution in [2.24, 2.45) is 0 Å². The SMILES string of the molecule is COc1ccc2c(c1)CCCN2C(=O)CNc1ccc(OC(F)F)cc1. The largest absolute Gasteiger partial charge is 0.497 e. The Bertz CT molecular complexity index is 766. The van der Waals surface area contributed by atoms with Gasteiger partial charge in [-0.2, -0.15) is 8.78 Å². The highest BCUT2D eigenvalue weighted by molar-refractivity contribution is 5.97. The molecule has 1 aliphatic heterocycles. The van der Waals surface area contributed by atoms with Crippen molar-refractivity contribution in [3.8, 4) is 11.5 Å². The fourth-order valence-corrected chi connectivity index (χ4v) is 2.99. The Morgan fingerprint density at radius 2 is 1.92 bits per heavy atom. The van der Waals surface area contributed by atoms with E-state index in [2.05, 4.69) is 10.1 Å². The van der Waals surface area contributed by atoms with Gasteiger partial charge in [-0.3, -0.25) is 4.79 Å². The van der Waals surface area contributed by atoms with Gasteiger partial charge >= 0.3 is 6.61 Å². The van der Waals surface area contributed by atoms with Crippen LogP contribution in [-0.2, 0) is 11.2 Å². The first kappa shape index (κ1) is 18.0. The maximum Gasteiger partial charge on any atom is 0.387 e. The minimum absolute atomic E-state index is 0.0518. The van der Waals surface area contributed by atoms with Gasteiger partial charge in [-0.15, -0.1) is 0 Å². The Morgan fingerprint density at radius 3 is 2.62 bits per heavy atom. The maximum atomic E-state index is 12.6. The van der Waals surface area contributed by atoms with E-state index < -0.39 is 6.61 Å². The first-order chi connectivity index (χ1) is 12.6. The molecule has 1 heterocycles. The standard InChI is InChI=1S/C19H20F2N2O3/c1-25-16-8-9-17-13(11-16)3-2-10-23(17)18(24)12-22-14-4-6-15(7-5-14)26-19(20)21/h4-9,11,19,22H,2-3,10,12H2,1H3. The molecule has 3 rings (SSSR count). The Morgan fingerprint density at radius 1 is 1.19 bits per heavy atom. The molecule has 0 unspecified atom stereocenters. The smallest absolute Gasteiger partial charge is 0.387 e. The number of halogens is 2. The molecule has 2 aromatic rings. The average molecular weight is 362 g/mol. The lowest BCUT2D eigenvalue weighted by Gasteiger charge is -2.30. The van der Waals surface area contributed by atoms with Gasteiger partial charge in [-0.1, -0.05) is 0 Å². The molecule has 2 aromatic carbocycles. The van der Waals surface area contributed by atoms with Crippen molar-refractivity contribution in [3.05, 3.63) is 48.0 Å². The fraction of sp³-hybridized carbons (Fsp3) is 0.316. The Balaban J connectivity index is 1.62. The number of benzene rings is 2. The number of ether oxygens (including phenoxy) is 2. The highest BCUT2D eigenvalue weighted by Gasteiger charge is 2.22. The minimum atomic E-state index is -2.85. The monoisotopic (exact) mass is 362 g/mol. The summed E-state index contributed by atoms with van der Waals surface area (Å²) in [6, 6.07) is 11.8. The molecule has 0 aliphatic carbocycles. The molecule has 138 valence electrons. The number of carbonyl (C=O) groups excluding carboxylic acids is 1. The molecular formula is C19H20F2N2O3. The zero-order valence-electron chi connectivity index (χ0n) is 14.4. The number of hydrogen-bond acceptors (Lipinski definition) is 4. The highest BCUT2D eigenvalue weighted by Crippen LogP contribution is 2.30. The minimum Gasteiger partial charge on any atom is -0.497 e. The molecule has 7 heteroatoms. The van der Waals surface area contributed by atoms with Crippen LogP contribution in [0.15, 0.2) is 42.5 Å². The fourth-order valence-electron chi connectivity index (χ4n) is 2.99. The number of carbonyl (C=O) groups is 1. The molecule has 1 N–H and O–H groups in total. The Kier molecular flexibility index (Phi) is 5.55. The molecule has 0 radical (unpaired) electrons. The highest BCUT2D eigenvalue weighted by atomic mass is 19.3. The zero-order valence-corrected chi connectivity index (χ0v) is 14.4. The predicted molar refractivity (Wildman–Crippen MR) is 95.2 cm³/mol. The van der Waals surface area contributed by atoms with Crippen molar-refractivity contribution in [3.63, 3.8) is 0 Å². The van der Waals surface area contributed by atoms with Gasteiger partial charge in [0, 0.05) is 17.9 Å². The number of aryl methyl sites for hydroxylation is 1. The summed E-state index contributed by atoms with van der Waals surface area (Å²) in [5.74, 6) is 0.807. The normalized spacial score (nSPS) is 13.3. The maximum absolute atomic E-state index is 12.6. The van der Waals surface area contributed by atoms with E-state index in [0.717, 1.165) is 29.8 Å². The lowest BCUT2D eigenvalue weighted by atomic mass is 10.0. The molecule has 0 fully saturated rings. The van der Waals surface area contributed by atoms with Crippen molar-refractivity contribution in [2.45, 2.75) is 19.5 Å². The van der Waals surface area contributed by atoms with Crippen molar-refractivity contribution < 1.29 is 23.0 Å². The van der Waals surface area contributed by atoms with Gasteiger partial charge in [-0.05, 0) is 60.9 Å². The number of amides is 1. The van der Waals surface area contributed by atoms with E-state index in [-0.39, 0.29) is 18.2 Å². The van der Waals surface area contributed by atoms with Gasteiger partial charge in [0.2, 0.25) is 5.91 Å². The summed E-state index contributed by atoms with van der Waals surface area (Å²) in [5.41, 5.74) is 2.66. The van der Waals surface area contributed by atoms with Crippen LogP contribution in [0.3, 0.4) is 0 Å². The second-order valence-corrected chi connectivity index (χ2v) is 5.90. The van der Waals surface area contributed by atoms with E-state index in [1.807, 2.05) is 18.2 Å². The third-order valence-corrected chi connectivity index (χ3v) is 4.23. The van der Waals surface area contributed by atoms with E-state index in [1.54, 1.807) is 24.1 Å². The van der Waals surface area contributed by atoms with Crippen LogP contribution in [0.1, 0.15) is 12.0 Å². The van der Waals surface area contributed by atoms with Gasteiger partial charge in [-0.25, -0.2) is 0 Å². The summed E-state index contributed by atoms with van der Waals surface area (Å²) < 4.78 is 33.9. The van der Waals surface area contributed by atoms with E-state index in [4.69, 9.17) is 4.74 Å². The van der Waals surface area contributed by atoms with Gasteiger partial charge in [0.15, 0.2) is 0 Å². The summed E-state index contributed by atoms with van der Waals surface area (Å²) in [5, 5.41) is 3.02. The van der Waals surface area contributed by atoms with Gasteiger partial charge in [0.1, 0.15) is 11.5 Å². The number of anilines is 2. The van der Waals surface area contributed by atoms with Crippen LogP contribution >= 0.6 is 0 Å². The predicted octanol–water partition coefficient (Wildman–Crippen LogP) is 3.69. The lowest BCUT2D eigenvalue weighted by molar-refractivity contribution is -0.117. The molecule has 1 aliphatic rings. The van der Waals surface area contributed by atoms with Crippen LogP contribution in [0.25, 0.3) is 0 Å². The molecule has 0 bridgehead atoms. The van der Waals surface area contributed by atoms with Crippen molar-refractivity contribution in [1.82, 2.24) is 0 Å². The molecular weight excluding hydrogens is 342 g/mol. The first-order valence-corrected chi connectivity index (χ1v) is 8.33. The van der Waals surface area contributed by atoms with Crippen LogP contribution in [-0.4, -0.2) is 32.7 Å². The summed E-state index contributed by atoms with van der Waals surface area (Å²) in [4.78, 5) is 14.4. The molecule has 1 amide bonds. The second-order valence-electron chi connectivity index (χ2n) is 5.90. The summed E-state index contributed by atoms with van der Waals surface area (Å²) >= 11 is 0. The molecule has 0 saturated carbocycles.